The van der Waals surface area contributed by atoms with Gasteiger partial charge in [-0.3, -0.25) is 0 Å². The molecule has 1 aromatic heterocycles. The molecule has 15 heavy (non-hydrogen) atoms. The van der Waals surface area contributed by atoms with E-state index in [1.54, 1.807) is 0 Å². The van der Waals surface area contributed by atoms with E-state index in [1.807, 2.05) is 0 Å². The lowest BCUT2D eigenvalue weighted by atomic mass is 10.0. The van der Waals surface area contributed by atoms with Crippen molar-refractivity contribution in [3.05, 3.63) is 28.0 Å². The van der Waals surface area contributed by atoms with Crippen LogP contribution in [0, 0.1) is 0 Å². The standard InChI is InChI=1S/C9H10BrCl2NO2/c10-2-1-6(14)9(15)5-3-7(11)13-8(12)4-5/h3-4,6,9,14-15H,1-2H2. The molecule has 2 atom stereocenters. The molecule has 1 heterocycles. The molecule has 0 aliphatic rings. The number of aliphatic hydroxyl groups excluding tert-OH is 2. The molecule has 0 aliphatic heterocycles. The van der Waals surface area contributed by atoms with E-state index in [-0.39, 0.29) is 10.3 Å². The maximum absolute atomic E-state index is 9.75. The van der Waals surface area contributed by atoms with Crippen molar-refractivity contribution in [1.29, 1.82) is 0 Å². The lowest BCUT2D eigenvalue weighted by molar-refractivity contribution is 0.0173. The highest BCUT2D eigenvalue weighted by Crippen LogP contribution is 2.24. The predicted octanol–water partition coefficient (Wildman–Crippen LogP) is 2.57. The van der Waals surface area contributed by atoms with Crippen LogP contribution in [0.25, 0.3) is 0 Å². The molecule has 6 heteroatoms. The summed E-state index contributed by atoms with van der Waals surface area (Å²) >= 11 is 14.5. The fourth-order valence-corrected chi connectivity index (χ4v) is 2.09. The van der Waals surface area contributed by atoms with Gasteiger partial charge in [-0.2, -0.15) is 0 Å². The molecule has 0 spiro atoms. The predicted molar refractivity (Wildman–Crippen MR) is 63.6 cm³/mol. The quantitative estimate of drug-likeness (QED) is 0.663. The Morgan fingerprint density at radius 3 is 2.27 bits per heavy atom. The van der Waals surface area contributed by atoms with Crippen LogP contribution in [0.2, 0.25) is 10.3 Å². The average molecular weight is 315 g/mol. The van der Waals surface area contributed by atoms with Gasteiger partial charge in [-0.05, 0) is 24.1 Å². The Bertz CT molecular complexity index is 318. The van der Waals surface area contributed by atoms with Crippen LogP contribution in [0.1, 0.15) is 18.1 Å². The van der Waals surface area contributed by atoms with Crippen LogP contribution in [0.5, 0.6) is 0 Å². The minimum atomic E-state index is -0.999. The molecule has 3 nitrogen and oxygen atoms in total. The van der Waals surface area contributed by atoms with Gasteiger partial charge >= 0.3 is 0 Å². The van der Waals surface area contributed by atoms with Crippen molar-refractivity contribution >= 4 is 39.1 Å². The van der Waals surface area contributed by atoms with Crippen molar-refractivity contribution in [1.82, 2.24) is 4.98 Å². The molecule has 2 unspecified atom stereocenters. The number of rotatable bonds is 4. The number of hydrogen-bond acceptors (Lipinski definition) is 3. The number of aromatic nitrogens is 1. The zero-order valence-corrected chi connectivity index (χ0v) is 10.8. The van der Waals surface area contributed by atoms with Crippen LogP contribution in [0.4, 0.5) is 0 Å². The Labute approximate surface area is 106 Å². The summed E-state index contributed by atoms with van der Waals surface area (Å²) < 4.78 is 0. The van der Waals surface area contributed by atoms with Crippen molar-refractivity contribution in [3.63, 3.8) is 0 Å². The molecule has 0 bridgehead atoms. The summed E-state index contributed by atoms with van der Waals surface area (Å²) in [6, 6.07) is 2.96. The molecule has 2 N–H and O–H groups in total. The first-order valence-electron chi connectivity index (χ1n) is 4.29. The SMILES string of the molecule is OC(CCBr)C(O)c1cc(Cl)nc(Cl)c1. The second kappa shape index (κ2) is 6.01. The first-order chi connectivity index (χ1) is 7.04. The first-order valence-corrected chi connectivity index (χ1v) is 6.17. The minimum absolute atomic E-state index is 0.197. The van der Waals surface area contributed by atoms with Crippen molar-refractivity contribution in [2.45, 2.75) is 18.6 Å². The van der Waals surface area contributed by atoms with Gasteiger partial charge < -0.3 is 10.2 Å². The van der Waals surface area contributed by atoms with Gasteiger partial charge in [0.2, 0.25) is 0 Å². The molecule has 84 valence electrons. The molecule has 0 aromatic carbocycles. The highest BCUT2D eigenvalue weighted by Gasteiger charge is 2.18. The van der Waals surface area contributed by atoms with Gasteiger partial charge in [-0.25, -0.2) is 4.98 Å². The molecule has 1 aromatic rings. The van der Waals surface area contributed by atoms with Crippen LogP contribution in [0.3, 0.4) is 0 Å². The second-order valence-corrected chi connectivity index (χ2v) is 4.60. The van der Waals surface area contributed by atoms with Crippen molar-refractivity contribution < 1.29 is 10.2 Å². The highest BCUT2D eigenvalue weighted by molar-refractivity contribution is 9.09. The van der Waals surface area contributed by atoms with Crippen molar-refractivity contribution in [2.75, 3.05) is 5.33 Å². The summed E-state index contributed by atoms with van der Waals surface area (Å²) in [5, 5.41) is 20.3. The molecule has 1 rings (SSSR count). The highest BCUT2D eigenvalue weighted by atomic mass is 79.9. The normalized spacial score (nSPS) is 15.0. The topological polar surface area (TPSA) is 53.4 Å². The zero-order valence-electron chi connectivity index (χ0n) is 7.70. The average Bonchev–Trinajstić information content (AvgIpc) is 2.15. The lowest BCUT2D eigenvalue weighted by Crippen LogP contribution is -2.18. The smallest absolute Gasteiger partial charge is 0.131 e. The fraction of sp³-hybridized carbons (Fsp3) is 0.444. The third-order valence-corrected chi connectivity index (χ3v) is 2.74. The van der Waals surface area contributed by atoms with E-state index in [0.717, 1.165) is 0 Å². The van der Waals surface area contributed by atoms with Gasteiger partial charge in [0.25, 0.3) is 0 Å². The van der Waals surface area contributed by atoms with Gasteiger partial charge in [-0.1, -0.05) is 39.1 Å². The van der Waals surface area contributed by atoms with Crippen LogP contribution < -0.4 is 0 Å². The van der Waals surface area contributed by atoms with Gasteiger partial charge in [0, 0.05) is 5.33 Å². The van der Waals surface area contributed by atoms with E-state index in [2.05, 4.69) is 20.9 Å². The van der Waals surface area contributed by atoms with Gasteiger partial charge in [0.05, 0.1) is 6.10 Å². The van der Waals surface area contributed by atoms with Gasteiger partial charge in [0.15, 0.2) is 0 Å². The first kappa shape index (κ1) is 13.2. The number of hydrogen-bond donors (Lipinski definition) is 2. The molecule has 0 fully saturated rings. The maximum Gasteiger partial charge on any atom is 0.131 e. The third kappa shape index (κ3) is 3.89. The summed E-state index contributed by atoms with van der Waals surface area (Å²) in [6.07, 6.45) is -1.40. The summed E-state index contributed by atoms with van der Waals surface area (Å²) in [5.41, 5.74) is 0.466. The van der Waals surface area contributed by atoms with Crippen LogP contribution in [0.15, 0.2) is 12.1 Å². The zero-order chi connectivity index (χ0) is 11.4. The summed E-state index contributed by atoms with van der Waals surface area (Å²) in [5.74, 6) is 0. The fourth-order valence-electron chi connectivity index (χ4n) is 1.15. The Balaban J connectivity index is 2.85. The van der Waals surface area contributed by atoms with E-state index < -0.39 is 12.2 Å². The summed E-state index contributed by atoms with van der Waals surface area (Å²) in [6.45, 7) is 0. The van der Waals surface area contributed by atoms with E-state index in [9.17, 15) is 10.2 Å². The molecule has 0 aliphatic carbocycles. The number of alkyl halides is 1. The van der Waals surface area contributed by atoms with Crippen molar-refractivity contribution in [3.8, 4) is 0 Å². The van der Waals surface area contributed by atoms with E-state index in [1.165, 1.54) is 12.1 Å². The third-order valence-electron chi connectivity index (χ3n) is 1.90. The Hall–Kier alpha value is 0.130. The van der Waals surface area contributed by atoms with Crippen LogP contribution in [-0.4, -0.2) is 26.6 Å². The number of nitrogens with zero attached hydrogens (tertiary/aromatic N) is 1. The lowest BCUT2D eigenvalue weighted by Gasteiger charge is -2.17. The Morgan fingerprint density at radius 2 is 1.80 bits per heavy atom. The Morgan fingerprint density at radius 1 is 1.27 bits per heavy atom. The van der Waals surface area contributed by atoms with Crippen LogP contribution >= 0.6 is 39.1 Å². The van der Waals surface area contributed by atoms with E-state index in [0.29, 0.717) is 17.3 Å². The largest absolute Gasteiger partial charge is 0.390 e. The van der Waals surface area contributed by atoms with E-state index >= 15 is 0 Å². The number of pyridine rings is 1. The maximum atomic E-state index is 9.75. The van der Waals surface area contributed by atoms with Gasteiger partial charge in [0.1, 0.15) is 16.4 Å². The van der Waals surface area contributed by atoms with Crippen LogP contribution in [-0.2, 0) is 0 Å². The second-order valence-electron chi connectivity index (χ2n) is 3.04. The van der Waals surface area contributed by atoms with Gasteiger partial charge in [-0.15, -0.1) is 0 Å². The molecular weight excluding hydrogens is 305 g/mol. The Kier molecular flexibility index (Phi) is 5.29. The molecular formula is C9H10BrCl2NO2. The molecule has 0 saturated carbocycles. The number of aliphatic hydroxyl groups is 2. The summed E-state index contributed by atoms with van der Waals surface area (Å²) in [7, 11) is 0. The molecule has 0 radical (unpaired) electrons. The summed E-state index contributed by atoms with van der Waals surface area (Å²) in [4.78, 5) is 3.75. The van der Waals surface area contributed by atoms with E-state index in [4.69, 9.17) is 23.2 Å². The number of halogens is 3. The molecule has 0 amide bonds. The van der Waals surface area contributed by atoms with Crippen molar-refractivity contribution in [2.24, 2.45) is 0 Å². The monoisotopic (exact) mass is 313 g/mol. The minimum Gasteiger partial charge on any atom is -0.390 e. The molecule has 0 saturated heterocycles.